The van der Waals surface area contributed by atoms with Crippen molar-refractivity contribution < 1.29 is 43.0 Å². The molecule has 354 valence electrons. The van der Waals surface area contributed by atoms with E-state index in [0.717, 1.165) is 0 Å². The fourth-order valence-corrected chi connectivity index (χ4v) is 9.40. The fourth-order valence-electron chi connectivity index (χ4n) is 8.66. The molecule has 3 rings (SSSR count). The highest BCUT2D eigenvalue weighted by Crippen LogP contribution is 2.41. The average molecular weight is 905 g/mol. The van der Waals surface area contributed by atoms with E-state index in [1.807, 2.05) is 46.7 Å². The first-order valence-corrected chi connectivity index (χ1v) is 23.8. The predicted octanol–water partition coefficient (Wildman–Crippen LogP) is 3.95. The molecule has 2 aliphatic rings. The highest BCUT2D eigenvalue weighted by molar-refractivity contribution is 7.52. The molecule has 0 radical (unpaired) electrons. The van der Waals surface area contributed by atoms with Crippen molar-refractivity contribution in [2.75, 3.05) is 74.6 Å². The van der Waals surface area contributed by atoms with Crippen LogP contribution in [0.15, 0.2) is 40.4 Å². The third-order valence-electron chi connectivity index (χ3n) is 12.4. The van der Waals surface area contributed by atoms with E-state index in [-0.39, 0.29) is 48.9 Å². The molecular weight excluding hydrogens is 832 g/mol. The molecule has 2 fully saturated rings. The predicted molar refractivity (Wildman–Crippen MR) is 241 cm³/mol. The fraction of sp³-hybridized carbons (Fsp3) is 0.744. The monoisotopic (exact) mass is 905 g/mol. The van der Waals surface area contributed by atoms with Gasteiger partial charge in [-0.15, -0.1) is 0 Å². The van der Waals surface area contributed by atoms with E-state index in [1.54, 1.807) is 59.0 Å². The highest BCUT2D eigenvalue weighted by atomic mass is 31.2. The number of nitrogens with zero attached hydrogens (tertiary/aromatic N) is 9. The molecule has 1 aromatic carbocycles. The maximum absolute atomic E-state index is 14.6. The van der Waals surface area contributed by atoms with Gasteiger partial charge >= 0.3 is 7.60 Å². The van der Waals surface area contributed by atoms with Crippen LogP contribution in [0.2, 0.25) is 0 Å². The van der Waals surface area contributed by atoms with Gasteiger partial charge in [-0.25, -0.2) is 4.99 Å². The smallest absolute Gasteiger partial charge is 0.347 e. The van der Waals surface area contributed by atoms with E-state index >= 15 is 0 Å². The zero-order valence-electron chi connectivity index (χ0n) is 39.0. The first-order valence-electron chi connectivity index (χ1n) is 22.1. The van der Waals surface area contributed by atoms with Crippen molar-refractivity contribution in [1.29, 1.82) is 0 Å². The van der Waals surface area contributed by atoms with E-state index < -0.39 is 55.5 Å². The molecule has 2 saturated heterocycles. The van der Waals surface area contributed by atoms with Gasteiger partial charge in [0.1, 0.15) is 11.8 Å². The lowest BCUT2D eigenvalue weighted by Gasteiger charge is -2.41. The summed E-state index contributed by atoms with van der Waals surface area (Å²) in [4.78, 5) is 92.7. The number of nitrogens with one attached hydrogen (secondary N) is 1. The number of methoxy groups -OCH3 is 2. The van der Waals surface area contributed by atoms with Crippen molar-refractivity contribution in [2.45, 2.75) is 116 Å². The number of guanidine groups is 1. The van der Waals surface area contributed by atoms with Crippen molar-refractivity contribution in [3.05, 3.63) is 46.3 Å². The molecule has 1 unspecified atom stereocenters. The van der Waals surface area contributed by atoms with Crippen molar-refractivity contribution in [3.8, 4) is 0 Å². The number of rotatable bonds is 22. The summed E-state index contributed by atoms with van der Waals surface area (Å²) in [5.41, 5.74) is 9.18. The summed E-state index contributed by atoms with van der Waals surface area (Å²) in [5, 5.41) is 6.09. The molecule has 3 N–H and O–H groups in total. The molecule has 0 saturated carbocycles. The Bertz CT molecular complexity index is 1770. The van der Waals surface area contributed by atoms with Crippen molar-refractivity contribution >= 4 is 37.2 Å². The van der Waals surface area contributed by atoms with Gasteiger partial charge in [-0.05, 0) is 42.2 Å². The highest BCUT2D eigenvalue weighted by Gasteiger charge is 2.44. The molecular formula is C43H73N10O9P. The number of carbonyl (C=O) groups is 4. The van der Waals surface area contributed by atoms with E-state index in [2.05, 4.69) is 20.2 Å². The van der Waals surface area contributed by atoms with E-state index in [0.29, 0.717) is 76.4 Å². The number of hydrogen-bond acceptors (Lipinski definition) is 9. The largest absolute Gasteiger partial charge is 0.379 e. The van der Waals surface area contributed by atoms with Crippen LogP contribution in [0, 0.1) is 17.8 Å². The molecule has 0 bridgehead atoms. The van der Waals surface area contributed by atoms with Gasteiger partial charge in [-0.1, -0.05) is 76.5 Å². The van der Waals surface area contributed by atoms with Gasteiger partial charge in [0.25, 0.3) is 0 Å². The third kappa shape index (κ3) is 14.9. The lowest BCUT2D eigenvalue weighted by Crippen LogP contribution is -2.56. The maximum Gasteiger partial charge on any atom is 0.347 e. The SMILES string of the molecule is CC[C@H](C)[C@@H]([C@H](CC(=O)N1CCCC1[C@H](OC)[C@@H](C)C(=O)N[C@H](Cc1ccccc1)P(=O)(O)O)OC)N(C)C(=O)[C@H](N=C(N(C)C)N1CCN(C(=O)CCCN=[N+]=[N-])CC1)C(C)C. The van der Waals surface area contributed by atoms with Crippen molar-refractivity contribution in [2.24, 2.45) is 27.9 Å². The number of azide groups is 1. The Morgan fingerprint density at radius 1 is 0.968 bits per heavy atom. The Labute approximate surface area is 373 Å². The van der Waals surface area contributed by atoms with Crippen molar-refractivity contribution in [1.82, 2.24) is 29.8 Å². The zero-order valence-corrected chi connectivity index (χ0v) is 39.9. The summed E-state index contributed by atoms with van der Waals surface area (Å²) >= 11 is 0. The summed E-state index contributed by atoms with van der Waals surface area (Å²) in [6, 6.07) is 7.04. The zero-order chi connectivity index (χ0) is 47.0. The second kappa shape index (κ2) is 25.3. The Morgan fingerprint density at radius 2 is 1.60 bits per heavy atom. The summed E-state index contributed by atoms with van der Waals surface area (Å²) in [6.45, 7) is 12.3. The number of hydrogen-bond donors (Lipinski definition) is 3. The van der Waals surface area contributed by atoms with Crippen LogP contribution < -0.4 is 5.32 Å². The minimum atomic E-state index is -4.73. The third-order valence-corrected chi connectivity index (χ3v) is 13.5. The van der Waals surface area contributed by atoms with Crippen LogP contribution in [0.3, 0.4) is 0 Å². The molecule has 63 heavy (non-hydrogen) atoms. The van der Waals surface area contributed by atoms with E-state index in [9.17, 15) is 33.5 Å². The number of carbonyl (C=O) groups excluding carboxylic acids is 4. The minimum absolute atomic E-state index is 0.00915. The van der Waals surface area contributed by atoms with E-state index in [1.165, 1.54) is 14.2 Å². The molecule has 4 amide bonds. The van der Waals surface area contributed by atoms with Gasteiger partial charge in [-0.2, -0.15) is 0 Å². The van der Waals surface area contributed by atoms with Crippen LogP contribution in [0.1, 0.15) is 78.7 Å². The second-order valence-electron chi connectivity index (χ2n) is 17.3. The average Bonchev–Trinajstić information content (AvgIpc) is 3.74. The van der Waals surface area contributed by atoms with Gasteiger partial charge in [0, 0.05) is 92.4 Å². The molecule has 19 nitrogen and oxygen atoms in total. The van der Waals surface area contributed by atoms with Crippen molar-refractivity contribution in [3.63, 3.8) is 0 Å². The number of ether oxygens (including phenoxy) is 2. The lowest BCUT2D eigenvalue weighted by molar-refractivity contribution is -0.146. The summed E-state index contributed by atoms with van der Waals surface area (Å²) in [5.74, 6) is -2.93. The topological polar surface area (TPSA) is 234 Å². The van der Waals surface area contributed by atoms with Crippen LogP contribution in [-0.4, -0.2) is 175 Å². The summed E-state index contributed by atoms with van der Waals surface area (Å²) < 4.78 is 24.4. The molecule has 0 spiro atoms. The number of aliphatic imine (C=N–C) groups is 1. The molecule has 0 aliphatic carbocycles. The van der Waals surface area contributed by atoms with Gasteiger partial charge in [0.05, 0.1) is 36.6 Å². The number of likely N-dealkylation sites (N-methyl/N-ethyl adjacent to an activating group) is 1. The molecule has 2 aliphatic heterocycles. The summed E-state index contributed by atoms with van der Waals surface area (Å²) in [6.07, 6.45) is 1.17. The number of piperazine rings is 1. The molecule has 20 heteroatoms. The van der Waals surface area contributed by atoms with Gasteiger partial charge in [0.2, 0.25) is 23.6 Å². The molecule has 8 atom stereocenters. The van der Waals surface area contributed by atoms with Crippen LogP contribution in [0.5, 0.6) is 0 Å². The molecule has 1 aromatic rings. The van der Waals surface area contributed by atoms with Crippen LogP contribution in [-0.2, 0) is 39.6 Å². The van der Waals surface area contributed by atoms with Crippen LogP contribution >= 0.6 is 7.60 Å². The quantitative estimate of drug-likeness (QED) is 0.0287. The van der Waals surface area contributed by atoms with Crippen LogP contribution in [0.4, 0.5) is 0 Å². The van der Waals surface area contributed by atoms with E-state index in [4.69, 9.17) is 20.0 Å². The molecule has 0 aromatic heterocycles. The maximum atomic E-state index is 14.6. The lowest BCUT2D eigenvalue weighted by atomic mass is 9.89. The Kier molecular flexibility index (Phi) is 21.3. The van der Waals surface area contributed by atoms with Crippen LogP contribution in [0.25, 0.3) is 10.4 Å². The Morgan fingerprint density at radius 3 is 2.14 bits per heavy atom. The van der Waals surface area contributed by atoms with Gasteiger partial charge in [-0.3, -0.25) is 23.7 Å². The standard InChI is InChI=1S/C43H73N10O9P/c1-11-30(4)39(50(8)42(57)38(29(2)3)47-43(49(6)7)52-25-23-51(24-26-52)36(54)20-15-21-45-48-44)34(61-9)28-37(55)53-22-16-19-33(53)40(62-10)31(5)41(56)46-35(63(58,59)60)27-32-17-13-12-14-18-32/h12-14,17-18,29-31,33-35,38-40H,11,15-16,19-28H2,1-10H3,(H,46,56)(H2,58,59,60)/t30-,31+,33?,34-,35-,38+,39-,40+/m0/s1. The number of likely N-dealkylation sites (tertiary alicyclic amines) is 1. The van der Waals surface area contributed by atoms with Gasteiger partial charge in [0.15, 0.2) is 5.96 Å². The normalized spacial score (nSPS) is 19.3. The Balaban J connectivity index is 1.79. The van der Waals surface area contributed by atoms with Gasteiger partial charge < -0.3 is 49.1 Å². The minimum Gasteiger partial charge on any atom is -0.379 e. The summed E-state index contributed by atoms with van der Waals surface area (Å²) in [7, 11) is 3.77. The Hall–Kier alpha value is -4.25. The number of amides is 4. The first kappa shape index (κ1) is 53.1. The number of benzene rings is 1. The first-order chi connectivity index (χ1) is 29.8. The molecule has 2 heterocycles. The second-order valence-corrected chi connectivity index (χ2v) is 19.1.